The van der Waals surface area contributed by atoms with Gasteiger partial charge in [0.2, 0.25) is 0 Å². The number of hydrogen-bond donors (Lipinski definition) is 2. The van der Waals surface area contributed by atoms with E-state index in [1.807, 2.05) is 12.1 Å². The molecule has 7 heteroatoms. The molecule has 30 heavy (non-hydrogen) atoms. The zero-order valence-electron chi connectivity index (χ0n) is 17.9. The summed E-state index contributed by atoms with van der Waals surface area (Å²) in [5.41, 5.74) is 5.35. The van der Waals surface area contributed by atoms with E-state index in [1.54, 1.807) is 19.2 Å². The van der Waals surface area contributed by atoms with Crippen LogP contribution in [-0.2, 0) is 29.1 Å². The zero-order chi connectivity index (χ0) is 20.9. The summed E-state index contributed by atoms with van der Waals surface area (Å²) in [7, 11) is -1.37. The van der Waals surface area contributed by atoms with Crippen LogP contribution in [0.1, 0.15) is 48.1 Å². The average molecular weight is 541 g/mol. The Hall–Kier alpha value is -1.61. The first-order valence-corrected chi connectivity index (χ1v) is 12.1. The van der Waals surface area contributed by atoms with Crippen LogP contribution in [0.3, 0.4) is 0 Å². The van der Waals surface area contributed by atoms with Gasteiger partial charge in [0, 0.05) is 19.8 Å². The first-order chi connectivity index (χ1) is 13.9. The van der Waals surface area contributed by atoms with E-state index in [9.17, 15) is 8.42 Å². The molecule has 1 aliphatic rings. The van der Waals surface area contributed by atoms with E-state index in [4.69, 9.17) is 0 Å². The molecule has 0 aromatic heterocycles. The SMILES string of the molecule is CN=C(NCCc1ccc(S(C)(=O)=O)cc1)NC(C)c1ccc2c(c1)CCCC2.I. The van der Waals surface area contributed by atoms with Crippen molar-refractivity contribution in [2.24, 2.45) is 4.99 Å². The molecule has 0 radical (unpaired) electrons. The highest BCUT2D eigenvalue weighted by atomic mass is 127. The zero-order valence-corrected chi connectivity index (χ0v) is 21.1. The Balaban J connectivity index is 0.00000320. The number of nitrogens with zero attached hydrogens (tertiary/aromatic N) is 1. The Bertz CT molecular complexity index is 972. The molecule has 1 unspecified atom stereocenters. The fourth-order valence-corrected chi connectivity index (χ4v) is 4.36. The summed E-state index contributed by atoms with van der Waals surface area (Å²) in [6, 6.07) is 14.1. The van der Waals surface area contributed by atoms with Crippen LogP contribution in [0, 0.1) is 0 Å². The van der Waals surface area contributed by atoms with Crippen molar-refractivity contribution in [3.8, 4) is 0 Å². The van der Waals surface area contributed by atoms with Crippen molar-refractivity contribution >= 4 is 39.8 Å². The Kier molecular flexibility index (Phi) is 9.15. The molecule has 0 bridgehead atoms. The van der Waals surface area contributed by atoms with Gasteiger partial charge in [-0.05, 0) is 73.4 Å². The summed E-state index contributed by atoms with van der Waals surface area (Å²) in [6.07, 6.45) is 6.98. The van der Waals surface area contributed by atoms with Gasteiger partial charge in [-0.1, -0.05) is 30.3 Å². The molecule has 1 atom stereocenters. The molecule has 0 saturated carbocycles. The molecule has 2 N–H and O–H groups in total. The summed E-state index contributed by atoms with van der Waals surface area (Å²) in [6.45, 7) is 2.87. The van der Waals surface area contributed by atoms with E-state index < -0.39 is 9.84 Å². The third-order valence-corrected chi connectivity index (χ3v) is 6.64. The lowest BCUT2D eigenvalue weighted by molar-refractivity contribution is 0.602. The highest BCUT2D eigenvalue weighted by Crippen LogP contribution is 2.24. The van der Waals surface area contributed by atoms with Crippen LogP contribution in [0.15, 0.2) is 52.4 Å². The van der Waals surface area contributed by atoms with E-state index in [0.717, 1.165) is 24.5 Å². The summed E-state index contributed by atoms with van der Waals surface area (Å²) >= 11 is 0. The van der Waals surface area contributed by atoms with Crippen LogP contribution in [0.25, 0.3) is 0 Å². The van der Waals surface area contributed by atoms with Crippen LogP contribution in [-0.4, -0.2) is 34.2 Å². The molecule has 0 saturated heterocycles. The fraction of sp³-hybridized carbons (Fsp3) is 0.435. The number of rotatable bonds is 6. The predicted molar refractivity (Wildman–Crippen MR) is 135 cm³/mol. The van der Waals surface area contributed by atoms with Gasteiger partial charge in [-0.25, -0.2) is 8.42 Å². The average Bonchev–Trinajstić information content (AvgIpc) is 2.72. The molecule has 0 heterocycles. The second kappa shape index (κ2) is 11.1. The lowest BCUT2D eigenvalue weighted by Gasteiger charge is -2.21. The number of hydrogen-bond acceptors (Lipinski definition) is 3. The van der Waals surface area contributed by atoms with E-state index >= 15 is 0 Å². The van der Waals surface area contributed by atoms with E-state index in [0.29, 0.717) is 4.90 Å². The van der Waals surface area contributed by atoms with Gasteiger partial charge in [0.25, 0.3) is 0 Å². The highest BCUT2D eigenvalue weighted by molar-refractivity contribution is 14.0. The molecule has 0 amide bonds. The van der Waals surface area contributed by atoms with Crippen molar-refractivity contribution in [1.29, 1.82) is 0 Å². The van der Waals surface area contributed by atoms with E-state index in [2.05, 4.69) is 40.7 Å². The third-order valence-electron chi connectivity index (χ3n) is 5.51. The number of benzene rings is 2. The summed E-state index contributed by atoms with van der Waals surface area (Å²) < 4.78 is 23.1. The van der Waals surface area contributed by atoms with E-state index in [-0.39, 0.29) is 30.0 Å². The van der Waals surface area contributed by atoms with Crippen molar-refractivity contribution in [3.63, 3.8) is 0 Å². The van der Waals surface area contributed by atoms with Gasteiger partial charge < -0.3 is 10.6 Å². The maximum atomic E-state index is 11.5. The highest BCUT2D eigenvalue weighted by Gasteiger charge is 2.13. The van der Waals surface area contributed by atoms with Crippen LogP contribution >= 0.6 is 24.0 Å². The summed E-state index contributed by atoms with van der Waals surface area (Å²) in [4.78, 5) is 4.69. The van der Waals surface area contributed by atoms with Crippen LogP contribution in [0.5, 0.6) is 0 Å². The number of sulfone groups is 1. The number of aryl methyl sites for hydroxylation is 2. The van der Waals surface area contributed by atoms with Crippen LogP contribution < -0.4 is 10.6 Å². The number of fused-ring (bicyclic) bond motifs is 1. The molecule has 2 aromatic carbocycles. The molecule has 0 spiro atoms. The third kappa shape index (κ3) is 6.70. The van der Waals surface area contributed by atoms with Gasteiger partial charge in [0.1, 0.15) is 0 Å². The normalized spacial score (nSPS) is 15.0. The van der Waals surface area contributed by atoms with Crippen molar-refractivity contribution in [1.82, 2.24) is 10.6 Å². The van der Waals surface area contributed by atoms with Crippen LogP contribution in [0.2, 0.25) is 0 Å². The maximum Gasteiger partial charge on any atom is 0.191 e. The molecule has 5 nitrogen and oxygen atoms in total. The van der Waals surface area contributed by atoms with Gasteiger partial charge in [-0.3, -0.25) is 4.99 Å². The van der Waals surface area contributed by atoms with Crippen LogP contribution in [0.4, 0.5) is 0 Å². The molecule has 0 aliphatic heterocycles. The van der Waals surface area contributed by atoms with Gasteiger partial charge in [-0.2, -0.15) is 0 Å². The minimum atomic E-state index is -3.15. The Morgan fingerprint density at radius 3 is 2.37 bits per heavy atom. The van der Waals surface area contributed by atoms with Gasteiger partial charge in [0.15, 0.2) is 15.8 Å². The molecule has 164 valence electrons. The quantitative estimate of drug-likeness (QED) is 0.329. The summed E-state index contributed by atoms with van der Waals surface area (Å²) in [5, 5.41) is 6.81. The first kappa shape index (κ1) is 24.7. The largest absolute Gasteiger partial charge is 0.356 e. The Morgan fingerprint density at radius 2 is 1.73 bits per heavy atom. The molecule has 0 fully saturated rings. The minimum absolute atomic E-state index is 0. The lowest BCUT2D eigenvalue weighted by Crippen LogP contribution is -2.39. The van der Waals surface area contributed by atoms with Gasteiger partial charge in [0.05, 0.1) is 10.9 Å². The predicted octanol–water partition coefficient (Wildman–Crippen LogP) is 4.06. The fourth-order valence-electron chi connectivity index (χ4n) is 3.73. The molecule has 2 aromatic rings. The van der Waals surface area contributed by atoms with Crippen molar-refractivity contribution < 1.29 is 8.42 Å². The number of aliphatic imine (C=N–C) groups is 1. The first-order valence-electron chi connectivity index (χ1n) is 10.2. The number of nitrogens with one attached hydrogen (secondary N) is 2. The monoisotopic (exact) mass is 541 g/mol. The number of guanidine groups is 1. The standard InChI is InChI=1S/C23H31N3O2S.HI/c1-17(20-11-10-19-6-4-5-7-21(19)16-20)26-23(24-2)25-15-14-18-8-12-22(13-9-18)29(3,27)28;/h8-13,16-17H,4-7,14-15H2,1-3H3,(H2,24,25,26);1H. The Labute approximate surface area is 197 Å². The topological polar surface area (TPSA) is 70.6 Å². The molecule has 1 aliphatic carbocycles. The minimum Gasteiger partial charge on any atom is -0.356 e. The Morgan fingerprint density at radius 1 is 1.07 bits per heavy atom. The molecular formula is C23H32IN3O2S. The smallest absolute Gasteiger partial charge is 0.191 e. The molecular weight excluding hydrogens is 509 g/mol. The lowest BCUT2D eigenvalue weighted by atomic mass is 9.89. The van der Waals surface area contributed by atoms with Crippen molar-refractivity contribution in [2.45, 2.75) is 50.0 Å². The summed E-state index contributed by atoms with van der Waals surface area (Å²) in [5.74, 6) is 0.767. The van der Waals surface area contributed by atoms with Crippen molar-refractivity contribution in [2.75, 3.05) is 19.8 Å². The second-order valence-corrected chi connectivity index (χ2v) is 9.78. The number of halogens is 1. The maximum absolute atomic E-state index is 11.5. The molecule has 3 rings (SSSR count). The van der Waals surface area contributed by atoms with Gasteiger partial charge >= 0.3 is 0 Å². The van der Waals surface area contributed by atoms with Gasteiger partial charge in [-0.15, -0.1) is 24.0 Å². The second-order valence-electron chi connectivity index (χ2n) is 7.77. The van der Waals surface area contributed by atoms with Crippen molar-refractivity contribution in [3.05, 3.63) is 64.7 Å². The van der Waals surface area contributed by atoms with E-state index in [1.165, 1.54) is 48.6 Å².